The Labute approximate surface area is 118 Å². The molecule has 2 fully saturated rings. The molecule has 1 saturated carbocycles. The van der Waals surface area contributed by atoms with E-state index in [1.54, 1.807) is 6.07 Å². The van der Waals surface area contributed by atoms with Crippen molar-refractivity contribution in [3.8, 4) is 0 Å². The Morgan fingerprint density at radius 3 is 2.70 bits per heavy atom. The molecule has 0 aromatic carbocycles. The third-order valence-corrected chi connectivity index (χ3v) is 4.51. The maximum atomic E-state index is 10.9. The van der Waals surface area contributed by atoms with Crippen molar-refractivity contribution in [1.29, 1.82) is 0 Å². The number of nitrogens with zero attached hydrogens (tertiary/aromatic N) is 2. The molecule has 2 bridgehead atoms. The highest BCUT2D eigenvalue weighted by Gasteiger charge is 2.42. The van der Waals surface area contributed by atoms with E-state index in [9.17, 15) is 4.79 Å². The number of hydrogen-bond acceptors (Lipinski definition) is 4. The first-order chi connectivity index (χ1) is 9.67. The van der Waals surface area contributed by atoms with Crippen LogP contribution in [-0.4, -0.2) is 47.3 Å². The van der Waals surface area contributed by atoms with Gasteiger partial charge in [0.05, 0.1) is 11.8 Å². The molecule has 1 saturated heterocycles. The number of aromatic carboxylic acids is 1. The van der Waals surface area contributed by atoms with Gasteiger partial charge in [-0.1, -0.05) is 6.07 Å². The van der Waals surface area contributed by atoms with Gasteiger partial charge in [0.15, 0.2) is 0 Å². The molecule has 1 unspecified atom stereocenters. The number of fused-ring (bicyclic) bond motifs is 2. The minimum Gasteiger partial charge on any atom is -0.477 e. The number of carboxylic acids is 1. The molecule has 2 aliphatic rings. The van der Waals surface area contributed by atoms with Gasteiger partial charge in [-0.25, -0.2) is 9.78 Å². The first-order valence-electron chi connectivity index (χ1n) is 7.11. The standard InChI is InChI=1S/C15H20N2O3/c1-20-14-10-5-6-11(14)8-17(7-10)9-12-3-2-4-13(16-12)15(18)19/h2-4,10-11,14H,5-9H2,1H3,(H,18,19)/t10-,11+,14?. The average molecular weight is 276 g/mol. The predicted octanol–water partition coefficient (Wildman–Crippen LogP) is 1.64. The Balaban J connectivity index is 1.68. The molecule has 1 aromatic heterocycles. The quantitative estimate of drug-likeness (QED) is 0.905. The fourth-order valence-electron chi connectivity index (χ4n) is 3.70. The molecule has 108 valence electrons. The Hall–Kier alpha value is -1.46. The van der Waals surface area contributed by atoms with Gasteiger partial charge in [0.2, 0.25) is 0 Å². The van der Waals surface area contributed by atoms with E-state index in [4.69, 9.17) is 9.84 Å². The molecule has 1 N–H and O–H groups in total. The summed E-state index contributed by atoms with van der Waals surface area (Å²) in [7, 11) is 1.81. The Morgan fingerprint density at radius 2 is 2.10 bits per heavy atom. The van der Waals surface area contributed by atoms with E-state index in [-0.39, 0.29) is 5.69 Å². The van der Waals surface area contributed by atoms with Gasteiger partial charge in [-0.3, -0.25) is 4.90 Å². The molecule has 1 aliphatic heterocycles. The molecule has 20 heavy (non-hydrogen) atoms. The zero-order valence-electron chi connectivity index (χ0n) is 11.7. The number of piperidine rings is 1. The van der Waals surface area contributed by atoms with Gasteiger partial charge in [-0.2, -0.15) is 0 Å². The molecule has 0 spiro atoms. The molecule has 3 rings (SSSR count). The lowest BCUT2D eigenvalue weighted by Crippen LogP contribution is -2.45. The molecule has 3 atom stereocenters. The van der Waals surface area contributed by atoms with E-state index < -0.39 is 5.97 Å². The van der Waals surface area contributed by atoms with Crippen LogP contribution < -0.4 is 0 Å². The van der Waals surface area contributed by atoms with Crippen LogP contribution >= 0.6 is 0 Å². The fourth-order valence-corrected chi connectivity index (χ4v) is 3.70. The van der Waals surface area contributed by atoms with E-state index in [1.807, 2.05) is 13.2 Å². The van der Waals surface area contributed by atoms with Crippen molar-refractivity contribution in [3.63, 3.8) is 0 Å². The number of likely N-dealkylation sites (tertiary alicyclic amines) is 1. The van der Waals surface area contributed by atoms with Crippen molar-refractivity contribution < 1.29 is 14.6 Å². The average Bonchev–Trinajstić information content (AvgIpc) is 2.69. The highest BCUT2D eigenvalue weighted by Crippen LogP contribution is 2.38. The maximum absolute atomic E-state index is 10.9. The van der Waals surface area contributed by atoms with Crippen LogP contribution in [0.5, 0.6) is 0 Å². The van der Waals surface area contributed by atoms with Crippen molar-refractivity contribution in [2.45, 2.75) is 25.5 Å². The molecule has 2 heterocycles. The summed E-state index contributed by atoms with van der Waals surface area (Å²) in [6, 6.07) is 5.20. The largest absolute Gasteiger partial charge is 0.477 e. The summed E-state index contributed by atoms with van der Waals surface area (Å²) >= 11 is 0. The van der Waals surface area contributed by atoms with Crippen LogP contribution in [-0.2, 0) is 11.3 Å². The molecule has 1 aromatic rings. The summed E-state index contributed by atoms with van der Waals surface area (Å²) in [4.78, 5) is 17.5. The molecule has 1 aliphatic carbocycles. The van der Waals surface area contributed by atoms with E-state index in [1.165, 1.54) is 18.9 Å². The number of hydrogen-bond donors (Lipinski definition) is 1. The molecule has 0 radical (unpaired) electrons. The highest BCUT2D eigenvalue weighted by molar-refractivity contribution is 5.85. The molecule has 5 nitrogen and oxygen atoms in total. The van der Waals surface area contributed by atoms with Crippen LogP contribution in [0.1, 0.15) is 29.0 Å². The second-order valence-electron chi connectivity index (χ2n) is 5.81. The van der Waals surface area contributed by atoms with Crippen molar-refractivity contribution in [1.82, 2.24) is 9.88 Å². The minimum absolute atomic E-state index is 0.122. The van der Waals surface area contributed by atoms with Crippen molar-refractivity contribution in [2.75, 3.05) is 20.2 Å². The summed E-state index contributed by atoms with van der Waals surface area (Å²) in [6.07, 6.45) is 2.88. The topological polar surface area (TPSA) is 62.7 Å². The number of aromatic nitrogens is 1. The van der Waals surface area contributed by atoms with E-state index in [0.717, 1.165) is 25.3 Å². The summed E-state index contributed by atoms with van der Waals surface area (Å²) < 4.78 is 5.61. The van der Waals surface area contributed by atoms with Gasteiger partial charge in [0, 0.05) is 26.7 Å². The number of methoxy groups -OCH3 is 1. The van der Waals surface area contributed by atoms with Crippen molar-refractivity contribution >= 4 is 5.97 Å². The monoisotopic (exact) mass is 276 g/mol. The zero-order chi connectivity index (χ0) is 14.1. The van der Waals surface area contributed by atoms with Gasteiger partial charge in [-0.15, -0.1) is 0 Å². The van der Waals surface area contributed by atoms with E-state index in [2.05, 4.69) is 9.88 Å². The number of ether oxygens (including phenoxy) is 1. The SMILES string of the molecule is COC1[C@@H]2CC[C@H]1CN(Cc1cccc(C(=O)O)n1)C2. The van der Waals surface area contributed by atoms with Crippen LogP contribution in [0.15, 0.2) is 18.2 Å². The molecule has 0 amide bonds. The summed E-state index contributed by atoms with van der Waals surface area (Å²) in [5.74, 6) is 0.257. The fraction of sp³-hybridized carbons (Fsp3) is 0.600. The third-order valence-electron chi connectivity index (χ3n) is 4.51. The van der Waals surface area contributed by atoms with Crippen molar-refractivity contribution in [3.05, 3.63) is 29.6 Å². The smallest absolute Gasteiger partial charge is 0.354 e. The Kier molecular flexibility index (Phi) is 3.72. The number of pyridine rings is 1. The lowest BCUT2D eigenvalue weighted by atomic mass is 9.95. The van der Waals surface area contributed by atoms with Gasteiger partial charge < -0.3 is 9.84 Å². The van der Waals surface area contributed by atoms with Crippen LogP contribution in [0.2, 0.25) is 0 Å². The van der Waals surface area contributed by atoms with Crippen LogP contribution in [0.4, 0.5) is 0 Å². The van der Waals surface area contributed by atoms with Gasteiger partial charge in [0.1, 0.15) is 5.69 Å². The molecular weight excluding hydrogens is 256 g/mol. The second kappa shape index (κ2) is 5.50. The second-order valence-corrected chi connectivity index (χ2v) is 5.81. The molecule has 5 heteroatoms. The molecular formula is C15H20N2O3. The summed E-state index contributed by atoms with van der Waals surface area (Å²) in [5.41, 5.74) is 0.956. The highest BCUT2D eigenvalue weighted by atomic mass is 16.5. The normalized spacial score (nSPS) is 29.6. The number of carboxylic acid groups (broad SMARTS) is 1. The van der Waals surface area contributed by atoms with Gasteiger partial charge in [-0.05, 0) is 36.8 Å². The lowest BCUT2D eigenvalue weighted by molar-refractivity contribution is -0.0183. The summed E-state index contributed by atoms with van der Waals surface area (Å²) in [5, 5.41) is 8.98. The van der Waals surface area contributed by atoms with Gasteiger partial charge >= 0.3 is 5.97 Å². The Morgan fingerprint density at radius 1 is 1.40 bits per heavy atom. The number of rotatable bonds is 4. The first kappa shape index (κ1) is 13.5. The first-order valence-corrected chi connectivity index (χ1v) is 7.11. The lowest BCUT2D eigenvalue weighted by Gasteiger charge is -2.37. The van der Waals surface area contributed by atoms with Crippen LogP contribution in [0.3, 0.4) is 0 Å². The predicted molar refractivity (Wildman–Crippen MR) is 73.5 cm³/mol. The van der Waals surface area contributed by atoms with E-state index >= 15 is 0 Å². The van der Waals surface area contributed by atoms with Gasteiger partial charge in [0.25, 0.3) is 0 Å². The van der Waals surface area contributed by atoms with Crippen LogP contribution in [0.25, 0.3) is 0 Å². The van der Waals surface area contributed by atoms with E-state index in [0.29, 0.717) is 17.9 Å². The van der Waals surface area contributed by atoms with Crippen LogP contribution in [0, 0.1) is 11.8 Å². The Bertz CT molecular complexity index is 492. The summed E-state index contributed by atoms with van der Waals surface area (Å²) in [6.45, 7) is 2.77. The zero-order valence-corrected chi connectivity index (χ0v) is 11.7. The minimum atomic E-state index is -0.968. The number of carbonyl (C=O) groups is 1. The third kappa shape index (κ3) is 2.55. The maximum Gasteiger partial charge on any atom is 0.354 e. The van der Waals surface area contributed by atoms with Crippen molar-refractivity contribution in [2.24, 2.45) is 11.8 Å².